The molecule has 0 saturated heterocycles. The molecular weight excluding hydrogens is 416 g/mol. The molecule has 0 atom stereocenters. The van der Waals surface area contributed by atoms with Gasteiger partial charge in [-0.05, 0) is 17.7 Å². The van der Waals surface area contributed by atoms with E-state index in [4.69, 9.17) is 45.6 Å². The predicted octanol–water partition coefficient (Wildman–Crippen LogP) is 2.10. The summed E-state index contributed by atoms with van der Waals surface area (Å²) in [6.45, 7) is 2.34. The Morgan fingerprint density at radius 2 is 1.97 bits per heavy atom. The third kappa shape index (κ3) is 7.62. The fourth-order valence-corrected chi connectivity index (χ4v) is 2.63. The van der Waals surface area contributed by atoms with Gasteiger partial charge in [-0.2, -0.15) is 0 Å². The van der Waals surface area contributed by atoms with Gasteiger partial charge in [0, 0.05) is 6.54 Å². The first-order valence-corrected chi connectivity index (χ1v) is 9.56. The molecule has 0 aliphatic heterocycles. The Morgan fingerprint density at radius 3 is 2.69 bits per heavy atom. The first kappa shape index (κ1) is 23.1. The van der Waals surface area contributed by atoms with Crippen molar-refractivity contribution in [1.29, 1.82) is 5.41 Å². The van der Waals surface area contributed by atoms with Crippen LogP contribution in [0.2, 0.25) is 10.0 Å². The average Bonchev–Trinajstić information content (AvgIpc) is 2.71. The van der Waals surface area contributed by atoms with Crippen molar-refractivity contribution in [2.75, 3.05) is 43.6 Å². The number of halogens is 2. The van der Waals surface area contributed by atoms with Crippen LogP contribution >= 0.6 is 23.2 Å². The van der Waals surface area contributed by atoms with E-state index in [1.54, 1.807) is 12.1 Å². The molecular formula is C18H21BCl2N5O3. The molecule has 0 aliphatic rings. The fraction of sp³-hybridized carbons (Fsp3) is 0.333. The monoisotopic (exact) mass is 436 g/mol. The van der Waals surface area contributed by atoms with E-state index in [1.165, 1.54) is 5.97 Å². The molecule has 8 nitrogen and oxygen atoms in total. The van der Waals surface area contributed by atoms with E-state index in [0.29, 0.717) is 49.6 Å². The van der Waals surface area contributed by atoms with Gasteiger partial charge in [0.2, 0.25) is 5.95 Å². The molecule has 153 valence electrons. The zero-order chi connectivity index (χ0) is 21.1. The summed E-state index contributed by atoms with van der Waals surface area (Å²) in [7, 11) is 5.20. The number of hydrogen-bond acceptors (Lipinski definition) is 7. The maximum atomic E-state index is 12.4. The number of aromatic amines is 1. The molecule has 0 unspecified atom stereocenters. The van der Waals surface area contributed by atoms with E-state index in [-0.39, 0.29) is 17.3 Å². The van der Waals surface area contributed by atoms with Crippen molar-refractivity contribution in [2.45, 2.75) is 6.54 Å². The summed E-state index contributed by atoms with van der Waals surface area (Å²) in [5.41, 5.74) is 0.896. The molecule has 29 heavy (non-hydrogen) atoms. The number of aromatic nitrogens is 2. The molecule has 1 aromatic carbocycles. The second kappa shape index (κ2) is 12.4. The maximum absolute atomic E-state index is 12.4. The third-order valence-electron chi connectivity index (χ3n) is 3.66. The zero-order valence-corrected chi connectivity index (χ0v) is 17.1. The van der Waals surface area contributed by atoms with Crippen LogP contribution in [0.3, 0.4) is 0 Å². The number of benzene rings is 1. The van der Waals surface area contributed by atoms with Gasteiger partial charge in [-0.15, -0.1) is 0 Å². The molecule has 0 bridgehead atoms. The zero-order valence-electron chi connectivity index (χ0n) is 15.6. The minimum atomic E-state index is -0.392. The molecule has 0 saturated carbocycles. The average molecular weight is 437 g/mol. The van der Waals surface area contributed by atoms with Gasteiger partial charge in [-0.25, -0.2) is 0 Å². The number of nitrogens with one attached hydrogen (secondary N) is 4. The van der Waals surface area contributed by atoms with Crippen LogP contribution in [0.25, 0.3) is 0 Å². The van der Waals surface area contributed by atoms with E-state index >= 15 is 0 Å². The van der Waals surface area contributed by atoms with E-state index in [1.807, 2.05) is 6.07 Å². The number of nitrogens with zero attached hydrogens (tertiary/aromatic N) is 1. The van der Waals surface area contributed by atoms with Crippen LogP contribution in [0.4, 0.5) is 11.6 Å². The summed E-state index contributed by atoms with van der Waals surface area (Å²) < 4.78 is 10.5. The quantitative estimate of drug-likeness (QED) is 0.217. The Bertz CT molecular complexity index is 894. The van der Waals surface area contributed by atoms with Crippen LogP contribution in [0.5, 0.6) is 0 Å². The number of H-pyrrole nitrogens is 1. The summed E-state index contributed by atoms with van der Waals surface area (Å²) in [6, 6.07) is 5.23. The van der Waals surface area contributed by atoms with E-state index in [9.17, 15) is 4.79 Å². The summed E-state index contributed by atoms with van der Waals surface area (Å²) in [5.74, 6) is 1.67. The van der Waals surface area contributed by atoms with Crippen LogP contribution in [-0.4, -0.2) is 62.6 Å². The number of hydrogen-bond donors (Lipinski definition) is 4. The molecule has 4 N–H and O–H groups in total. The van der Waals surface area contributed by atoms with Gasteiger partial charge in [0.1, 0.15) is 0 Å². The van der Waals surface area contributed by atoms with Crippen molar-refractivity contribution in [3.05, 3.63) is 49.9 Å². The van der Waals surface area contributed by atoms with Crippen molar-refractivity contribution in [3.8, 4) is 0 Å². The molecule has 0 spiro atoms. The number of ether oxygens (including phenoxy) is 2. The Morgan fingerprint density at radius 1 is 1.17 bits per heavy atom. The normalized spacial score (nSPS) is 10.5. The minimum absolute atomic E-state index is 0.206. The van der Waals surface area contributed by atoms with Crippen molar-refractivity contribution in [1.82, 2.24) is 9.97 Å². The van der Waals surface area contributed by atoms with Crippen LogP contribution < -0.4 is 16.2 Å². The van der Waals surface area contributed by atoms with Gasteiger partial charge < -0.3 is 10.7 Å². The Labute approximate surface area is 179 Å². The van der Waals surface area contributed by atoms with Gasteiger partial charge in [0.25, 0.3) is 0 Å². The molecule has 1 aromatic heterocycles. The van der Waals surface area contributed by atoms with E-state index in [0.717, 1.165) is 11.8 Å². The van der Waals surface area contributed by atoms with E-state index < -0.39 is 5.56 Å². The van der Waals surface area contributed by atoms with E-state index in [2.05, 4.69) is 20.6 Å². The molecule has 1 radical (unpaired) electrons. The van der Waals surface area contributed by atoms with Gasteiger partial charge in [0.15, 0.2) is 0 Å². The van der Waals surface area contributed by atoms with Crippen LogP contribution in [0.1, 0.15) is 11.3 Å². The summed E-state index contributed by atoms with van der Waals surface area (Å²) >= 11 is 11.9. The topological polar surface area (TPSA) is 112 Å². The SMILES string of the molecule is [B]=CCOCCOCCNc1c(C=N)nc(NCc2ccc(Cl)c(Cl)c2)[nH]c1=O. The number of rotatable bonds is 13. The molecule has 0 aliphatic carbocycles. The van der Waals surface area contributed by atoms with Crippen molar-refractivity contribution < 1.29 is 9.47 Å². The first-order chi connectivity index (χ1) is 14.0. The molecule has 0 amide bonds. The molecule has 0 fully saturated rings. The summed E-state index contributed by atoms with van der Waals surface area (Å²) in [6.07, 6.45) is 1.01. The van der Waals surface area contributed by atoms with Crippen LogP contribution in [0, 0.1) is 5.41 Å². The third-order valence-corrected chi connectivity index (χ3v) is 4.40. The molecule has 2 aromatic rings. The van der Waals surface area contributed by atoms with Gasteiger partial charge >= 0.3 is 99.1 Å². The number of anilines is 2. The van der Waals surface area contributed by atoms with Gasteiger partial charge in [-0.3, -0.25) is 0 Å². The molecule has 2 rings (SSSR count). The van der Waals surface area contributed by atoms with Crippen molar-refractivity contribution in [2.24, 2.45) is 0 Å². The molecule has 1 heterocycles. The van der Waals surface area contributed by atoms with Crippen LogP contribution in [-0.2, 0) is 16.0 Å². The standard InChI is InChI=1S/C18H21BCl2N5O3/c19-3-5-28-7-8-29-6-4-23-16-15(10-22)25-18(26-17(16)27)24-11-12-1-2-13(20)14(21)9-12/h1-3,9-10,22-23H,4-8,11H2,(H2,24,25,26,27). The van der Waals surface area contributed by atoms with Crippen LogP contribution in [0.15, 0.2) is 23.0 Å². The Balaban J connectivity index is 1.89. The first-order valence-electron chi connectivity index (χ1n) is 8.80. The van der Waals surface area contributed by atoms with Gasteiger partial charge in [-0.1, -0.05) is 29.3 Å². The summed E-state index contributed by atoms with van der Waals surface area (Å²) in [5, 5.41) is 14.4. The Kier molecular flexibility index (Phi) is 9.86. The van der Waals surface area contributed by atoms with Crippen molar-refractivity contribution >= 4 is 54.5 Å². The second-order valence-electron chi connectivity index (χ2n) is 5.77. The molecule has 11 heteroatoms. The fourth-order valence-electron chi connectivity index (χ4n) is 2.30. The Hall–Kier alpha value is -2.20. The van der Waals surface area contributed by atoms with Gasteiger partial charge in [0.05, 0.1) is 10.0 Å². The predicted molar refractivity (Wildman–Crippen MR) is 118 cm³/mol. The van der Waals surface area contributed by atoms with Crippen molar-refractivity contribution in [3.63, 3.8) is 0 Å². The second-order valence-corrected chi connectivity index (χ2v) is 6.59. The summed E-state index contributed by atoms with van der Waals surface area (Å²) in [4.78, 5) is 19.2.